The predicted octanol–water partition coefficient (Wildman–Crippen LogP) is 2.06. The molecule has 0 spiro atoms. The maximum atomic E-state index is 12.3. The topological polar surface area (TPSA) is 71.2 Å². The Morgan fingerprint density at radius 3 is 2.73 bits per heavy atom. The minimum absolute atomic E-state index is 0.0159. The molecule has 1 aliphatic carbocycles. The summed E-state index contributed by atoms with van der Waals surface area (Å²) in [7, 11) is 0. The van der Waals surface area contributed by atoms with E-state index >= 15 is 0 Å². The quantitative estimate of drug-likeness (QED) is 0.870. The zero-order valence-corrected chi connectivity index (χ0v) is 14.0. The summed E-state index contributed by atoms with van der Waals surface area (Å²) in [6.45, 7) is 2.87. The fourth-order valence-electron chi connectivity index (χ4n) is 3.35. The van der Waals surface area contributed by atoms with E-state index in [1.54, 1.807) is 11.3 Å². The first kappa shape index (κ1) is 15.7. The van der Waals surface area contributed by atoms with Crippen LogP contribution in [0.25, 0.3) is 0 Å². The van der Waals surface area contributed by atoms with Gasteiger partial charge >= 0.3 is 0 Å². The Morgan fingerprint density at radius 1 is 1.27 bits per heavy atom. The molecule has 3 rings (SSSR count). The summed E-state index contributed by atoms with van der Waals surface area (Å²) in [5.41, 5.74) is 6.67. The molecule has 2 aliphatic rings. The maximum absolute atomic E-state index is 12.3. The normalized spacial score (nSPS) is 21.0. The Bertz CT molecular complexity index is 504. The monoisotopic (exact) mass is 322 g/mol. The molecular formula is C16H26N4OS. The van der Waals surface area contributed by atoms with Gasteiger partial charge in [0.2, 0.25) is 5.91 Å². The van der Waals surface area contributed by atoms with Crippen LogP contribution in [0.15, 0.2) is 5.38 Å². The summed E-state index contributed by atoms with van der Waals surface area (Å²) >= 11 is 1.71. The zero-order chi connectivity index (χ0) is 15.4. The van der Waals surface area contributed by atoms with E-state index in [-0.39, 0.29) is 5.91 Å². The number of hydrogen-bond donors (Lipinski definition) is 2. The number of carbonyl (C=O) groups is 1. The Balaban J connectivity index is 1.45. The molecule has 0 atom stereocenters. The van der Waals surface area contributed by atoms with Crippen molar-refractivity contribution in [3.63, 3.8) is 0 Å². The van der Waals surface area contributed by atoms with E-state index < -0.39 is 5.54 Å². The van der Waals surface area contributed by atoms with Crippen molar-refractivity contribution in [1.29, 1.82) is 0 Å². The average molecular weight is 322 g/mol. The third-order valence-electron chi connectivity index (χ3n) is 4.78. The highest BCUT2D eigenvalue weighted by molar-refractivity contribution is 7.13. The molecule has 1 aromatic rings. The van der Waals surface area contributed by atoms with Gasteiger partial charge in [0.1, 0.15) is 0 Å². The summed E-state index contributed by atoms with van der Waals surface area (Å²) < 4.78 is 0. The second-order valence-electron chi connectivity index (χ2n) is 6.54. The molecule has 1 aromatic heterocycles. The van der Waals surface area contributed by atoms with E-state index in [0.29, 0.717) is 6.54 Å². The van der Waals surface area contributed by atoms with E-state index in [1.807, 2.05) is 0 Å². The van der Waals surface area contributed by atoms with Gasteiger partial charge in [0.15, 0.2) is 5.13 Å². The van der Waals surface area contributed by atoms with Gasteiger partial charge in [-0.15, -0.1) is 11.3 Å². The van der Waals surface area contributed by atoms with Crippen LogP contribution in [0.5, 0.6) is 0 Å². The van der Waals surface area contributed by atoms with Gasteiger partial charge in [-0.3, -0.25) is 4.79 Å². The highest BCUT2D eigenvalue weighted by Gasteiger charge is 2.34. The van der Waals surface area contributed by atoms with Crippen molar-refractivity contribution in [2.75, 3.05) is 24.5 Å². The molecule has 5 nitrogen and oxygen atoms in total. The van der Waals surface area contributed by atoms with Crippen LogP contribution in [-0.2, 0) is 11.2 Å². The number of nitrogens with two attached hydrogens (primary N) is 1. The van der Waals surface area contributed by atoms with E-state index in [4.69, 9.17) is 5.73 Å². The lowest BCUT2D eigenvalue weighted by Gasteiger charge is -2.31. The SMILES string of the molecule is NC1(C(=O)NCCc2csc(N3CCCC3)n2)CCCCC1. The van der Waals surface area contributed by atoms with E-state index in [9.17, 15) is 4.79 Å². The van der Waals surface area contributed by atoms with Crippen LogP contribution in [-0.4, -0.2) is 36.1 Å². The molecule has 1 amide bonds. The van der Waals surface area contributed by atoms with Crippen LogP contribution in [0.3, 0.4) is 0 Å². The first-order chi connectivity index (χ1) is 10.7. The fourth-order valence-corrected chi connectivity index (χ4v) is 4.27. The molecule has 122 valence electrons. The number of thiazole rings is 1. The van der Waals surface area contributed by atoms with Crippen LogP contribution >= 0.6 is 11.3 Å². The van der Waals surface area contributed by atoms with Crippen LogP contribution < -0.4 is 16.0 Å². The highest BCUT2D eigenvalue weighted by Crippen LogP contribution is 2.26. The van der Waals surface area contributed by atoms with Gasteiger partial charge in [-0.2, -0.15) is 0 Å². The number of nitrogens with one attached hydrogen (secondary N) is 1. The number of hydrogen-bond acceptors (Lipinski definition) is 5. The van der Waals surface area contributed by atoms with Gasteiger partial charge in [0.25, 0.3) is 0 Å². The Hall–Kier alpha value is -1.14. The molecule has 22 heavy (non-hydrogen) atoms. The van der Waals surface area contributed by atoms with E-state index in [2.05, 4.69) is 20.6 Å². The summed E-state index contributed by atoms with van der Waals surface area (Å²) in [5.74, 6) is 0.0159. The highest BCUT2D eigenvalue weighted by atomic mass is 32.1. The largest absolute Gasteiger partial charge is 0.354 e. The molecule has 0 radical (unpaired) electrons. The van der Waals surface area contributed by atoms with Crippen molar-refractivity contribution >= 4 is 22.4 Å². The van der Waals surface area contributed by atoms with E-state index in [1.165, 1.54) is 19.3 Å². The van der Waals surface area contributed by atoms with Gasteiger partial charge < -0.3 is 16.0 Å². The Kier molecular flexibility index (Phi) is 4.98. The molecule has 1 saturated heterocycles. The first-order valence-electron chi connectivity index (χ1n) is 8.44. The van der Waals surface area contributed by atoms with Gasteiger partial charge in [-0.1, -0.05) is 19.3 Å². The summed E-state index contributed by atoms with van der Waals surface area (Å²) in [6, 6.07) is 0. The van der Waals surface area contributed by atoms with Crippen molar-refractivity contribution in [3.8, 4) is 0 Å². The van der Waals surface area contributed by atoms with Crippen molar-refractivity contribution in [2.24, 2.45) is 5.73 Å². The van der Waals surface area contributed by atoms with Gasteiger partial charge in [-0.25, -0.2) is 4.98 Å². The molecule has 3 N–H and O–H groups in total. The number of carbonyl (C=O) groups excluding carboxylic acids is 1. The minimum atomic E-state index is -0.638. The summed E-state index contributed by atoms with van der Waals surface area (Å²) in [5, 5.41) is 6.24. The molecule has 2 heterocycles. The second kappa shape index (κ2) is 6.96. The van der Waals surface area contributed by atoms with Gasteiger partial charge in [0, 0.05) is 31.4 Å². The first-order valence-corrected chi connectivity index (χ1v) is 9.32. The van der Waals surface area contributed by atoms with Crippen LogP contribution in [0.2, 0.25) is 0 Å². The van der Waals surface area contributed by atoms with Crippen LogP contribution in [0.1, 0.15) is 50.6 Å². The number of amides is 1. The maximum Gasteiger partial charge on any atom is 0.240 e. The number of anilines is 1. The molecule has 0 unspecified atom stereocenters. The van der Waals surface area contributed by atoms with Crippen molar-refractivity contribution < 1.29 is 4.79 Å². The lowest BCUT2D eigenvalue weighted by molar-refractivity contribution is -0.127. The van der Waals surface area contributed by atoms with Crippen LogP contribution in [0, 0.1) is 0 Å². The lowest BCUT2D eigenvalue weighted by Crippen LogP contribution is -2.55. The van der Waals surface area contributed by atoms with Crippen LogP contribution in [0.4, 0.5) is 5.13 Å². The summed E-state index contributed by atoms with van der Waals surface area (Å²) in [6.07, 6.45) is 8.28. The van der Waals surface area contributed by atoms with E-state index in [0.717, 1.165) is 56.0 Å². The molecule has 0 bridgehead atoms. The average Bonchev–Trinajstić information content (AvgIpc) is 3.19. The lowest BCUT2D eigenvalue weighted by atomic mass is 9.82. The molecular weight excluding hydrogens is 296 g/mol. The van der Waals surface area contributed by atoms with Crippen molar-refractivity contribution in [1.82, 2.24) is 10.3 Å². The van der Waals surface area contributed by atoms with Crippen molar-refractivity contribution in [3.05, 3.63) is 11.1 Å². The zero-order valence-electron chi connectivity index (χ0n) is 13.1. The Labute approximate surface area is 136 Å². The molecule has 0 aromatic carbocycles. The third-order valence-corrected chi connectivity index (χ3v) is 5.73. The predicted molar refractivity (Wildman–Crippen MR) is 90.3 cm³/mol. The number of nitrogens with zero attached hydrogens (tertiary/aromatic N) is 2. The standard InChI is InChI=1S/C16H26N4OS/c17-16(7-2-1-3-8-16)14(21)18-9-6-13-12-22-15(19-13)20-10-4-5-11-20/h12H,1-11,17H2,(H,18,21). The van der Waals surface area contributed by atoms with Crippen molar-refractivity contribution in [2.45, 2.75) is 56.9 Å². The Morgan fingerprint density at radius 2 is 2.00 bits per heavy atom. The third kappa shape index (κ3) is 3.60. The molecule has 2 fully saturated rings. The molecule has 6 heteroatoms. The van der Waals surface area contributed by atoms with Gasteiger partial charge in [-0.05, 0) is 25.7 Å². The van der Waals surface area contributed by atoms with Gasteiger partial charge in [0.05, 0.1) is 11.2 Å². The molecule has 1 saturated carbocycles. The number of aromatic nitrogens is 1. The second-order valence-corrected chi connectivity index (χ2v) is 7.37. The minimum Gasteiger partial charge on any atom is -0.354 e. The molecule has 1 aliphatic heterocycles. The smallest absolute Gasteiger partial charge is 0.240 e. The summed E-state index contributed by atoms with van der Waals surface area (Å²) in [4.78, 5) is 19.3. The fraction of sp³-hybridized carbons (Fsp3) is 0.750. The number of rotatable bonds is 5.